The molecule has 6 nitrogen and oxygen atoms in total. The molecule has 3 aromatic carbocycles. The zero-order valence-corrected chi connectivity index (χ0v) is 32.4. The van der Waals surface area contributed by atoms with Gasteiger partial charge in [0.25, 0.3) is 0 Å². The molecule has 1 saturated carbocycles. The number of likely N-dealkylation sites (tertiary alicyclic amines) is 2. The van der Waals surface area contributed by atoms with Gasteiger partial charge in [-0.05, 0) is 127 Å². The summed E-state index contributed by atoms with van der Waals surface area (Å²) >= 11 is 0. The van der Waals surface area contributed by atoms with E-state index in [9.17, 15) is 4.79 Å². The zero-order valence-electron chi connectivity index (χ0n) is 32.4. The van der Waals surface area contributed by atoms with Gasteiger partial charge in [-0.25, -0.2) is 4.98 Å². The van der Waals surface area contributed by atoms with Gasteiger partial charge in [0.05, 0.1) is 23.1 Å². The summed E-state index contributed by atoms with van der Waals surface area (Å²) in [6.07, 6.45) is 8.05. The number of aromatic amines is 1. The van der Waals surface area contributed by atoms with Crippen molar-refractivity contribution >= 4 is 22.5 Å². The Bertz CT molecular complexity index is 2200. The van der Waals surface area contributed by atoms with Crippen molar-refractivity contribution in [2.75, 3.05) is 20.1 Å². The normalized spacial score (nSPS) is 22.9. The quantitative estimate of drug-likeness (QED) is 0.158. The molecule has 3 fully saturated rings. The van der Waals surface area contributed by atoms with E-state index in [1.807, 2.05) is 44.7 Å². The molecule has 3 atom stereocenters. The first kappa shape index (κ1) is 37.5. The van der Waals surface area contributed by atoms with Crippen molar-refractivity contribution in [3.63, 3.8) is 0 Å². The van der Waals surface area contributed by atoms with Gasteiger partial charge in [0.2, 0.25) is 5.91 Å². The van der Waals surface area contributed by atoms with Crippen LogP contribution < -0.4 is 5.32 Å². The van der Waals surface area contributed by atoms with Crippen LogP contribution in [0.4, 0.5) is 17.6 Å². The standard InChI is InChI=1S/C45H51F4N5O/c1-7-27(4)34(24-50-28(5)40-23-43(16-17-43)25-54(40)41(55)19-26(2)3)31-11-14-33-32-13-10-29(20-35(32)44(46,47)45(48,49)36(33)21-31)30-12-15-37-38(22-30)52-42(51-37)39-9-8-18-53(39)6/h10-15,20-22,24,26-27,39-40,50H,5,7-9,16-19,23,25H2,1-4,6H3,(H,51,52)/b34-24+/t27?,39-,40-/m0/s1. The minimum Gasteiger partial charge on any atom is -0.363 e. The largest absolute Gasteiger partial charge is 0.363 e. The second-order valence-corrected chi connectivity index (χ2v) is 17.1. The molecule has 1 amide bonds. The maximum absolute atomic E-state index is 16.3. The van der Waals surface area contributed by atoms with Gasteiger partial charge in [0, 0.05) is 36.0 Å². The van der Waals surface area contributed by atoms with Crippen molar-refractivity contribution in [2.24, 2.45) is 17.3 Å². The molecule has 1 spiro atoms. The maximum atomic E-state index is 16.3. The molecular weight excluding hydrogens is 703 g/mol. The van der Waals surface area contributed by atoms with E-state index < -0.39 is 23.0 Å². The summed E-state index contributed by atoms with van der Waals surface area (Å²) in [5, 5.41) is 3.33. The van der Waals surface area contributed by atoms with Gasteiger partial charge in [-0.1, -0.05) is 64.6 Å². The first-order valence-corrected chi connectivity index (χ1v) is 19.8. The third-order valence-corrected chi connectivity index (χ3v) is 12.7. The monoisotopic (exact) mass is 753 g/mol. The summed E-state index contributed by atoms with van der Waals surface area (Å²) in [4.78, 5) is 25.6. The molecule has 55 heavy (non-hydrogen) atoms. The van der Waals surface area contributed by atoms with Crippen LogP contribution in [-0.2, 0) is 16.6 Å². The Morgan fingerprint density at radius 2 is 1.67 bits per heavy atom. The Hall–Kier alpha value is -4.44. The molecule has 1 unspecified atom stereocenters. The fourth-order valence-corrected chi connectivity index (χ4v) is 9.03. The van der Waals surface area contributed by atoms with E-state index in [4.69, 9.17) is 4.98 Å². The molecule has 3 heterocycles. The van der Waals surface area contributed by atoms with Crippen molar-refractivity contribution in [3.8, 4) is 22.3 Å². The molecule has 1 aromatic heterocycles. The summed E-state index contributed by atoms with van der Waals surface area (Å²) in [5.74, 6) is -7.78. The van der Waals surface area contributed by atoms with Crippen molar-refractivity contribution in [1.82, 2.24) is 25.1 Å². The highest BCUT2D eigenvalue weighted by Crippen LogP contribution is 2.59. The first-order chi connectivity index (χ1) is 26.1. The van der Waals surface area contributed by atoms with E-state index in [1.165, 1.54) is 12.1 Å². The number of hydrogen-bond donors (Lipinski definition) is 2. The molecular formula is C45H51F4N5O. The number of hydrogen-bond acceptors (Lipinski definition) is 4. The predicted octanol–water partition coefficient (Wildman–Crippen LogP) is 10.8. The van der Waals surface area contributed by atoms with Crippen LogP contribution >= 0.6 is 0 Å². The lowest BCUT2D eigenvalue weighted by Gasteiger charge is -2.35. The Morgan fingerprint density at radius 3 is 2.33 bits per heavy atom. The number of carbonyl (C=O) groups excluding carboxylic acids is 1. The van der Waals surface area contributed by atoms with Crippen LogP contribution in [0.5, 0.6) is 0 Å². The van der Waals surface area contributed by atoms with E-state index in [0.717, 1.165) is 62.1 Å². The van der Waals surface area contributed by atoms with Gasteiger partial charge in [0.15, 0.2) is 0 Å². The maximum Gasteiger partial charge on any atom is 0.340 e. The number of allylic oxidation sites excluding steroid dienone is 1. The molecule has 2 saturated heterocycles. The summed E-state index contributed by atoms with van der Waals surface area (Å²) < 4.78 is 64.9. The van der Waals surface area contributed by atoms with Gasteiger partial charge in [-0.2, -0.15) is 17.6 Å². The SMILES string of the molecule is C=C(N/C=C(/c1ccc2c(c1)C(F)(F)C(F)(F)c1cc(-c3ccc4nc([C@@H]5CCCN5C)[nH]c4c3)ccc1-2)C(C)CC)[C@@H]1CC2(CC2)CN1C(=O)CC(C)C. The highest BCUT2D eigenvalue weighted by molar-refractivity contribution is 5.85. The number of H-pyrrole nitrogens is 1. The lowest BCUT2D eigenvalue weighted by atomic mass is 9.78. The number of alkyl halides is 4. The number of carbonyl (C=O) groups is 1. The van der Waals surface area contributed by atoms with Crippen molar-refractivity contribution in [1.29, 1.82) is 0 Å². The van der Waals surface area contributed by atoms with Gasteiger partial charge in [-0.3, -0.25) is 9.69 Å². The summed E-state index contributed by atoms with van der Waals surface area (Å²) in [6.45, 7) is 14.1. The third-order valence-electron chi connectivity index (χ3n) is 12.7. The van der Waals surface area contributed by atoms with E-state index in [1.54, 1.807) is 36.5 Å². The van der Waals surface area contributed by atoms with Crippen LogP contribution in [0.15, 0.2) is 73.1 Å². The lowest BCUT2D eigenvalue weighted by molar-refractivity contribution is -0.225. The molecule has 4 aromatic rings. The zero-order chi connectivity index (χ0) is 39.0. The number of imidazole rings is 1. The second kappa shape index (κ2) is 13.6. The average Bonchev–Trinajstić information content (AvgIpc) is 3.42. The van der Waals surface area contributed by atoms with Crippen molar-refractivity contribution in [3.05, 3.63) is 95.6 Å². The summed E-state index contributed by atoms with van der Waals surface area (Å²) in [5.41, 5.74) is 3.40. The van der Waals surface area contributed by atoms with Crippen LogP contribution in [0.2, 0.25) is 0 Å². The van der Waals surface area contributed by atoms with Gasteiger partial charge in [0.1, 0.15) is 5.82 Å². The Labute approximate surface area is 321 Å². The fourth-order valence-electron chi connectivity index (χ4n) is 9.03. The lowest BCUT2D eigenvalue weighted by Crippen LogP contribution is -2.39. The third kappa shape index (κ3) is 6.48. The van der Waals surface area contributed by atoms with Crippen LogP contribution in [0.3, 0.4) is 0 Å². The number of fused-ring (bicyclic) bond motifs is 4. The van der Waals surface area contributed by atoms with Crippen LogP contribution in [0.25, 0.3) is 38.9 Å². The van der Waals surface area contributed by atoms with Gasteiger partial charge < -0.3 is 15.2 Å². The first-order valence-electron chi connectivity index (χ1n) is 19.8. The predicted molar refractivity (Wildman–Crippen MR) is 210 cm³/mol. The van der Waals surface area contributed by atoms with Crippen LogP contribution in [0.1, 0.15) is 101 Å². The smallest absolute Gasteiger partial charge is 0.340 e. The second-order valence-electron chi connectivity index (χ2n) is 17.1. The van der Waals surface area contributed by atoms with Crippen molar-refractivity contribution < 1.29 is 22.4 Å². The summed E-state index contributed by atoms with van der Waals surface area (Å²) in [7, 11) is 2.07. The minimum atomic E-state index is -4.46. The Balaban J connectivity index is 1.10. The number of halogens is 4. The van der Waals surface area contributed by atoms with Crippen molar-refractivity contribution in [2.45, 2.75) is 96.6 Å². The van der Waals surface area contributed by atoms with E-state index >= 15 is 17.6 Å². The molecule has 0 bridgehead atoms. The van der Waals surface area contributed by atoms with E-state index in [-0.39, 0.29) is 46.4 Å². The average molecular weight is 754 g/mol. The van der Waals surface area contributed by atoms with Crippen LogP contribution in [0, 0.1) is 17.3 Å². The number of amides is 1. The minimum absolute atomic E-state index is 0.0784. The fraction of sp³-hybridized carbons (Fsp3) is 0.467. The number of nitrogens with one attached hydrogen (secondary N) is 2. The number of benzene rings is 3. The van der Waals surface area contributed by atoms with Gasteiger partial charge >= 0.3 is 11.8 Å². The molecule has 0 radical (unpaired) electrons. The Kier molecular flexibility index (Phi) is 9.30. The van der Waals surface area contributed by atoms with Gasteiger partial charge in [-0.15, -0.1) is 0 Å². The summed E-state index contributed by atoms with van der Waals surface area (Å²) in [6, 6.07) is 14.5. The molecule has 4 aliphatic rings. The number of aromatic nitrogens is 2. The highest BCUT2D eigenvalue weighted by Gasteiger charge is 2.63. The molecule has 10 heteroatoms. The molecule has 2 N–H and O–H groups in total. The molecule has 2 aliphatic carbocycles. The molecule has 8 rings (SSSR count). The molecule has 290 valence electrons. The van der Waals surface area contributed by atoms with E-state index in [0.29, 0.717) is 40.8 Å². The number of rotatable bonds is 10. The molecule has 2 aliphatic heterocycles. The van der Waals surface area contributed by atoms with E-state index in [2.05, 4.69) is 28.8 Å². The van der Waals surface area contributed by atoms with Crippen LogP contribution in [-0.4, -0.2) is 51.9 Å². The highest BCUT2D eigenvalue weighted by atomic mass is 19.3. The topological polar surface area (TPSA) is 64.3 Å². The Morgan fingerprint density at radius 1 is 1.00 bits per heavy atom. The number of nitrogens with zero attached hydrogens (tertiary/aromatic N) is 3.